The summed E-state index contributed by atoms with van der Waals surface area (Å²) < 4.78 is 15.0. The van der Waals surface area contributed by atoms with Gasteiger partial charge in [-0.05, 0) is 43.4 Å². The van der Waals surface area contributed by atoms with Gasteiger partial charge in [-0.2, -0.15) is 0 Å². The summed E-state index contributed by atoms with van der Waals surface area (Å²) in [5.41, 5.74) is 3.07. The van der Waals surface area contributed by atoms with Crippen molar-refractivity contribution in [1.82, 2.24) is 5.32 Å². The van der Waals surface area contributed by atoms with Gasteiger partial charge in [0.25, 0.3) is 0 Å². The molecule has 2 N–H and O–H groups in total. The molecule has 1 amide bonds. The van der Waals surface area contributed by atoms with Crippen molar-refractivity contribution in [2.75, 3.05) is 0 Å². The SMILES string of the molecule is CC(C)OC(=O)OC(C)OC(=O)C(C)CC(Cc1ccc(-c2ccccc2)cc1)NC(=O)CCC(=O)O. The number of carboxylic acid groups (broad SMARTS) is 1. The molecule has 3 unspecified atom stereocenters. The smallest absolute Gasteiger partial charge is 0.481 e. The molecule has 9 nitrogen and oxygen atoms in total. The minimum absolute atomic E-state index is 0.166. The molecule has 0 aliphatic rings. The number of ether oxygens (including phenoxy) is 3. The number of nitrogens with one attached hydrogen (secondary N) is 1. The van der Waals surface area contributed by atoms with Gasteiger partial charge in [0.2, 0.25) is 12.2 Å². The molecule has 200 valence electrons. The Morgan fingerprint density at radius 2 is 1.43 bits per heavy atom. The first-order valence-corrected chi connectivity index (χ1v) is 12.3. The van der Waals surface area contributed by atoms with Gasteiger partial charge in [-0.3, -0.25) is 14.4 Å². The number of rotatable bonds is 13. The number of hydrogen-bond donors (Lipinski definition) is 2. The van der Waals surface area contributed by atoms with E-state index in [0.29, 0.717) is 6.42 Å². The highest BCUT2D eigenvalue weighted by Gasteiger charge is 2.25. The summed E-state index contributed by atoms with van der Waals surface area (Å²) in [4.78, 5) is 47.4. The third-order valence-electron chi connectivity index (χ3n) is 5.39. The Morgan fingerprint density at radius 3 is 2.03 bits per heavy atom. The highest BCUT2D eigenvalue weighted by molar-refractivity contribution is 5.81. The fourth-order valence-corrected chi connectivity index (χ4v) is 3.64. The zero-order chi connectivity index (χ0) is 27.4. The van der Waals surface area contributed by atoms with Gasteiger partial charge in [0.05, 0.1) is 18.4 Å². The molecule has 0 aromatic heterocycles. The Morgan fingerprint density at radius 1 is 0.811 bits per heavy atom. The van der Waals surface area contributed by atoms with Gasteiger partial charge in [-0.25, -0.2) is 4.79 Å². The molecule has 0 radical (unpaired) electrons. The van der Waals surface area contributed by atoms with E-state index in [-0.39, 0.29) is 25.4 Å². The molecule has 3 atom stereocenters. The molecular formula is C28H35NO8. The first-order valence-electron chi connectivity index (χ1n) is 12.3. The number of carboxylic acids is 1. The Bertz CT molecular complexity index is 1040. The Hall–Kier alpha value is -3.88. The van der Waals surface area contributed by atoms with Crippen molar-refractivity contribution in [3.63, 3.8) is 0 Å². The topological polar surface area (TPSA) is 128 Å². The van der Waals surface area contributed by atoms with Crippen molar-refractivity contribution >= 4 is 24.0 Å². The normalized spacial score (nSPS) is 13.2. The molecule has 0 bridgehead atoms. The van der Waals surface area contributed by atoms with Crippen molar-refractivity contribution in [3.05, 3.63) is 60.2 Å². The lowest BCUT2D eigenvalue weighted by Gasteiger charge is -2.23. The quantitative estimate of drug-likeness (QED) is 0.291. The van der Waals surface area contributed by atoms with Crippen LogP contribution >= 0.6 is 0 Å². The van der Waals surface area contributed by atoms with Crippen LogP contribution in [0.4, 0.5) is 4.79 Å². The molecule has 0 aliphatic heterocycles. The number of carbonyl (C=O) groups excluding carboxylic acids is 3. The van der Waals surface area contributed by atoms with Crippen LogP contribution in [0.3, 0.4) is 0 Å². The summed E-state index contributed by atoms with van der Waals surface area (Å²) in [6, 6.07) is 17.3. The van der Waals surface area contributed by atoms with Crippen molar-refractivity contribution in [1.29, 1.82) is 0 Å². The van der Waals surface area contributed by atoms with Gasteiger partial charge in [0.15, 0.2) is 0 Å². The van der Waals surface area contributed by atoms with Crippen molar-refractivity contribution in [2.24, 2.45) is 5.92 Å². The molecule has 37 heavy (non-hydrogen) atoms. The van der Waals surface area contributed by atoms with E-state index in [1.807, 2.05) is 54.6 Å². The Balaban J connectivity index is 2.04. The predicted octanol–water partition coefficient (Wildman–Crippen LogP) is 4.72. The van der Waals surface area contributed by atoms with Gasteiger partial charge in [0.1, 0.15) is 0 Å². The maximum absolute atomic E-state index is 12.6. The molecule has 0 saturated carbocycles. The third-order valence-corrected chi connectivity index (χ3v) is 5.39. The molecule has 2 aromatic rings. The molecule has 0 heterocycles. The van der Waals surface area contributed by atoms with Crippen molar-refractivity contribution in [3.8, 4) is 11.1 Å². The first kappa shape index (κ1) is 29.4. The monoisotopic (exact) mass is 513 g/mol. The van der Waals surface area contributed by atoms with Gasteiger partial charge in [-0.1, -0.05) is 61.5 Å². The zero-order valence-electron chi connectivity index (χ0n) is 21.6. The lowest BCUT2D eigenvalue weighted by Crippen LogP contribution is -2.39. The van der Waals surface area contributed by atoms with Crippen molar-refractivity contribution < 1.29 is 38.5 Å². The number of benzene rings is 2. The van der Waals surface area contributed by atoms with Crippen LogP contribution in [0, 0.1) is 5.92 Å². The predicted molar refractivity (Wildman–Crippen MR) is 136 cm³/mol. The first-order chi connectivity index (χ1) is 17.5. The minimum atomic E-state index is -1.14. The average Bonchev–Trinajstić information content (AvgIpc) is 2.83. The van der Waals surface area contributed by atoms with Crippen LogP contribution in [-0.4, -0.2) is 47.5 Å². The molecule has 0 saturated heterocycles. The molecule has 0 fully saturated rings. The lowest BCUT2D eigenvalue weighted by molar-refractivity contribution is -0.173. The van der Waals surface area contributed by atoms with Crippen molar-refractivity contribution in [2.45, 2.75) is 71.8 Å². The van der Waals surface area contributed by atoms with E-state index in [1.54, 1.807) is 20.8 Å². The van der Waals surface area contributed by atoms with E-state index < -0.39 is 42.3 Å². The molecular weight excluding hydrogens is 478 g/mol. The summed E-state index contributed by atoms with van der Waals surface area (Å²) in [5.74, 6) is -2.72. The Labute approximate surface area is 217 Å². The molecule has 2 rings (SSSR count). The van der Waals surface area contributed by atoms with Gasteiger partial charge in [-0.15, -0.1) is 0 Å². The summed E-state index contributed by atoms with van der Waals surface area (Å²) in [5, 5.41) is 11.7. The number of carbonyl (C=O) groups is 4. The number of esters is 1. The average molecular weight is 514 g/mol. The van der Waals surface area contributed by atoms with Crippen LogP contribution in [0.1, 0.15) is 52.5 Å². The standard InChI is InChI=1S/C28H35NO8/c1-18(2)35-28(34)37-20(4)36-27(33)19(3)16-24(29-25(30)14-15-26(31)32)17-21-10-12-23(13-11-21)22-8-6-5-7-9-22/h5-13,18-20,24H,14-17H2,1-4H3,(H,29,30)(H,31,32). The van der Waals surface area contributed by atoms with Crippen LogP contribution in [0.2, 0.25) is 0 Å². The summed E-state index contributed by atoms with van der Waals surface area (Å²) in [7, 11) is 0. The van der Waals surface area contributed by atoms with E-state index in [1.165, 1.54) is 6.92 Å². The van der Waals surface area contributed by atoms with Crippen LogP contribution in [0.25, 0.3) is 11.1 Å². The van der Waals surface area contributed by atoms with Crippen LogP contribution < -0.4 is 5.32 Å². The van der Waals surface area contributed by atoms with Crippen LogP contribution in [-0.2, 0) is 35.0 Å². The summed E-state index contributed by atoms with van der Waals surface area (Å²) in [6.07, 6.45) is -2.24. The van der Waals surface area contributed by atoms with E-state index in [9.17, 15) is 19.2 Å². The van der Waals surface area contributed by atoms with Gasteiger partial charge < -0.3 is 24.6 Å². The van der Waals surface area contributed by atoms with Crippen LogP contribution in [0.15, 0.2) is 54.6 Å². The highest BCUT2D eigenvalue weighted by atomic mass is 16.8. The van der Waals surface area contributed by atoms with Gasteiger partial charge >= 0.3 is 18.1 Å². The van der Waals surface area contributed by atoms with E-state index in [0.717, 1.165) is 16.7 Å². The summed E-state index contributed by atoms with van der Waals surface area (Å²) in [6.45, 7) is 6.39. The lowest BCUT2D eigenvalue weighted by atomic mass is 9.94. The summed E-state index contributed by atoms with van der Waals surface area (Å²) >= 11 is 0. The second-order valence-electron chi connectivity index (χ2n) is 9.10. The third kappa shape index (κ3) is 11.2. The molecule has 0 spiro atoms. The Kier molecular flexibility index (Phi) is 11.6. The molecule has 9 heteroatoms. The highest BCUT2D eigenvalue weighted by Crippen LogP contribution is 2.21. The fourth-order valence-electron chi connectivity index (χ4n) is 3.64. The van der Waals surface area contributed by atoms with E-state index in [2.05, 4.69) is 5.32 Å². The van der Waals surface area contributed by atoms with Crippen LogP contribution in [0.5, 0.6) is 0 Å². The largest absolute Gasteiger partial charge is 0.511 e. The molecule has 0 aliphatic carbocycles. The second-order valence-corrected chi connectivity index (χ2v) is 9.10. The van der Waals surface area contributed by atoms with Gasteiger partial charge in [0, 0.05) is 19.4 Å². The maximum Gasteiger partial charge on any atom is 0.511 e. The maximum atomic E-state index is 12.6. The second kappa shape index (κ2) is 14.6. The molecule has 2 aromatic carbocycles. The number of amides is 1. The van der Waals surface area contributed by atoms with E-state index >= 15 is 0 Å². The van der Waals surface area contributed by atoms with E-state index in [4.69, 9.17) is 19.3 Å². The number of aliphatic carboxylic acids is 1. The zero-order valence-corrected chi connectivity index (χ0v) is 21.6. The number of hydrogen-bond acceptors (Lipinski definition) is 7. The fraction of sp³-hybridized carbons (Fsp3) is 0.429. The minimum Gasteiger partial charge on any atom is -0.481 e.